The smallest absolute Gasteiger partial charge is 0.383 e. The molecule has 184 valence electrons. The Bertz CT molecular complexity index is 1130. The number of nitrogens with one attached hydrogen (secondary N) is 2. The van der Waals surface area contributed by atoms with Gasteiger partial charge >= 0.3 is 6.18 Å². The number of rotatable bonds is 8. The molecule has 0 spiro atoms. The van der Waals surface area contributed by atoms with Gasteiger partial charge in [0.2, 0.25) is 0 Å². The Morgan fingerprint density at radius 2 is 1.51 bits per heavy atom. The van der Waals surface area contributed by atoms with Gasteiger partial charge in [-0.2, -0.15) is 13.2 Å². The zero-order valence-electron chi connectivity index (χ0n) is 20.1. The standard InChI is InChI=1S/C15H14O.C14H17F3N2/c1-2-12-3-7-14(8-4-12)15-9-5-13(11-16)6-10-15;1-18-9-13(10-6-7-10)19-8-11-4-2-3-5-12(11)14(15,16)17/h3-11H,2H2,1H3;2-5,18-19H,6-9H2,1H3. The lowest BCUT2D eigenvalue weighted by molar-refractivity contribution is -0.138. The molecule has 0 bridgehead atoms. The van der Waals surface area contributed by atoms with Crippen molar-refractivity contribution in [3.05, 3.63) is 106 Å². The molecule has 1 saturated carbocycles. The van der Waals surface area contributed by atoms with Gasteiger partial charge in [-0.3, -0.25) is 4.79 Å². The highest BCUT2D eigenvalue weighted by molar-refractivity contribution is 5.76. The summed E-state index contributed by atoms with van der Waals surface area (Å²) < 4.78 is 38.5. The molecule has 0 aliphatic heterocycles. The number of halogens is 3. The molecule has 1 aliphatic carbocycles. The predicted octanol–water partition coefficient (Wildman–Crippen LogP) is 6.79. The molecule has 0 atom stereocenters. The van der Waals surface area contributed by atoms with E-state index in [-0.39, 0.29) is 12.1 Å². The molecular formula is C29H31F3N2O. The summed E-state index contributed by atoms with van der Waals surface area (Å²) in [7, 11) is 1.83. The van der Waals surface area contributed by atoms with E-state index in [0.29, 0.717) is 12.1 Å². The second-order valence-corrected chi connectivity index (χ2v) is 8.41. The number of likely N-dealkylation sites (N-methyl/N-ethyl adjacent to an activating group) is 1. The van der Waals surface area contributed by atoms with Crippen LogP contribution in [0, 0.1) is 0 Å². The summed E-state index contributed by atoms with van der Waals surface area (Å²) in [5.41, 5.74) is 6.44. The fourth-order valence-corrected chi connectivity index (χ4v) is 3.69. The summed E-state index contributed by atoms with van der Waals surface area (Å²) in [4.78, 5) is 10.5. The summed E-state index contributed by atoms with van der Waals surface area (Å²) in [5.74, 6) is 0. The third-order valence-corrected chi connectivity index (χ3v) is 5.84. The number of hydrogen-bond acceptors (Lipinski definition) is 3. The summed E-state index contributed by atoms with van der Waals surface area (Å²) in [6, 6.07) is 21.9. The molecule has 1 aliphatic rings. The normalized spacial score (nSPS) is 12.4. The van der Waals surface area contributed by atoms with Gasteiger partial charge in [0.1, 0.15) is 6.29 Å². The molecule has 35 heavy (non-hydrogen) atoms. The first-order valence-electron chi connectivity index (χ1n) is 11.7. The van der Waals surface area contributed by atoms with Crippen LogP contribution in [0.2, 0.25) is 0 Å². The van der Waals surface area contributed by atoms with Crippen molar-refractivity contribution < 1.29 is 18.0 Å². The highest BCUT2D eigenvalue weighted by atomic mass is 19.4. The van der Waals surface area contributed by atoms with Gasteiger partial charge < -0.3 is 10.6 Å². The number of aryl methyl sites for hydroxylation is 1. The maximum absolute atomic E-state index is 12.8. The number of aldehydes is 1. The van der Waals surface area contributed by atoms with Crippen molar-refractivity contribution in [2.24, 2.45) is 0 Å². The van der Waals surface area contributed by atoms with Crippen LogP contribution in [0.5, 0.6) is 0 Å². The van der Waals surface area contributed by atoms with Gasteiger partial charge in [-0.1, -0.05) is 73.7 Å². The Morgan fingerprint density at radius 1 is 0.914 bits per heavy atom. The van der Waals surface area contributed by atoms with E-state index in [0.717, 1.165) is 42.9 Å². The van der Waals surface area contributed by atoms with Crippen molar-refractivity contribution in [2.45, 2.75) is 38.9 Å². The largest absolute Gasteiger partial charge is 0.416 e. The molecule has 3 aromatic carbocycles. The van der Waals surface area contributed by atoms with Crippen molar-refractivity contribution in [3.8, 4) is 11.1 Å². The van der Waals surface area contributed by atoms with Gasteiger partial charge in [-0.25, -0.2) is 0 Å². The Hall–Kier alpha value is -3.38. The van der Waals surface area contributed by atoms with Gasteiger partial charge in [-0.15, -0.1) is 0 Å². The molecule has 6 heteroatoms. The van der Waals surface area contributed by atoms with E-state index in [1.165, 1.54) is 28.8 Å². The maximum atomic E-state index is 12.8. The lowest BCUT2D eigenvalue weighted by Gasteiger charge is -2.15. The number of carbonyl (C=O) groups excluding carboxylic acids is 1. The minimum atomic E-state index is -4.30. The van der Waals surface area contributed by atoms with Crippen molar-refractivity contribution >= 4 is 6.29 Å². The second-order valence-electron chi connectivity index (χ2n) is 8.41. The fraction of sp³-hybridized carbons (Fsp3) is 0.276. The van der Waals surface area contributed by atoms with E-state index in [1.807, 2.05) is 31.3 Å². The summed E-state index contributed by atoms with van der Waals surface area (Å²) >= 11 is 0. The molecule has 3 aromatic rings. The Balaban J connectivity index is 0.000000198. The first kappa shape index (κ1) is 26.2. The quantitative estimate of drug-likeness (QED) is 0.349. The van der Waals surface area contributed by atoms with E-state index in [2.05, 4.69) is 41.8 Å². The molecule has 1 fully saturated rings. The molecule has 0 amide bonds. The SMILES string of the molecule is CCc1ccc(-c2ccc(C=O)cc2)cc1.CNCC(NCc1ccccc1C(F)(F)F)=C1CC1. The van der Waals surface area contributed by atoms with Crippen LogP contribution in [0.25, 0.3) is 11.1 Å². The van der Waals surface area contributed by atoms with Crippen molar-refractivity contribution in [2.75, 3.05) is 13.6 Å². The lowest BCUT2D eigenvalue weighted by Crippen LogP contribution is -2.24. The molecular weight excluding hydrogens is 449 g/mol. The maximum Gasteiger partial charge on any atom is 0.416 e. The van der Waals surface area contributed by atoms with Crippen molar-refractivity contribution in [1.29, 1.82) is 0 Å². The van der Waals surface area contributed by atoms with Crippen LogP contribution in [0.1, 0.15) is 46.8 Å². The number of alkyl halides is 3. The molecule has 0 radical (unpaired) electrons. The molecule has 4 rings (SSSR count). The highest BCUT2D eigenvalue weighted by Gasteiger charge is 2.32. The van der Waals surface area contributed by atoms with Crippen molar-refractivity contribution in [1.82, 2.24) is 10.6 Å². The minimum absolute atomic E-state index is 0.205. The molecule has 2 N–H and O–H groups in total. The topological polar surface area (TPSA) is 41.1 Å². The lowest BCUT2D eigenvalue weighted by atomic mass is 10.0. The summed E-state index contributed by atoms with van der Waals surface area (Å²) in [6.07, 6.45) is -0.279. The van der Waals surface area contributed by atoms with E-state index < -0.39 is 11.7 Å². The monoisotopic (exact) mass is 480 g/mol. The van der Waals surface area contributed by atoms with Gasteiger partial charge in [0, 0.05) is 24.4 Å². The van der Waals surface area contributed by atoms with Crippen LogP contribution < -0.4 is 10.6 Å². The van der Waals surface area contributed by atoms with Gasteiger partial charge in [0.05, 0.1) is 5.56 Å². The number of carbonyl (C=O) groups is 1. The van der Waals surface area contributed by atoms with E-state index in [9.17, 15) is 18.0 Å². The molecule has 0 saturated heterocycles. The number of benzene rings is 3. The second kappa shape index (κ2) is 12.4. The predicted molar refractivity (Wildman–Crippen MR) is 135 cm³/mol. The number of allylic oxidation sites excluding steroid dienone is 1. The molecule has 0 aromatic heterocycles. The van der Waals surface area contributed by atoms with E-state index in [1.54, 1.807) is 6.07 Å². The van der Waals surface area contributed by atoms with E-state index >= 15 is 0 Å². The zero-order chi connectivity index (χ0) is 25.3. The minimum Gasteiger partial charge on any atom is -0.383 e. The van der Waals surface area contributed by atoms with Gasteiger partial charge in [0.25, 0.3) is 0 Å². The Labute approximate surface area is 205 Å². The Kier molecular flexibility index (Phi) is 9.26. The van der Waals surface area contributed by atoms with Gasteiger partial charge in [-0.05, 0) is 60.2 Å². The average molecular weight is 481 g/mol. The zero-order valence-corrected chi connectivity index (χ0v) is 20.1. The third-order valence-electron chi connectivity index (χ3n) is 5.84. The first-order chi connectivity index (χ1) is 16.9. The molecule has 3 nitrogen and oxygen atoms in total. The van der Waals surface area contributed by atoms with Crippen LogP contribution in [-0.4, -0.2) is 19.9 Å². The fourth-order valence-electron chi connectivity index (χ4n) is 3.69. The van der Waals surface area contributed by atoms with Crippen LogP contribution in [0.3, 0.4) is 0 Å². The first-order valence-corrected chi connectivity index (χ1v) is 11.7. The van der Waals surface area contributed by atoms with E-state index in [4.69, 9.17) is 0 Å². The Morgan fingerprint density at radius 3 is 2.03 bits per heavy atom. The third kappa shape index (κ3) is 7.82. The molecule has 0 heterocycles. The van der Waals surface area contributed by atoms with Crippen molar-refractivity contribution in [3.63, 3.8) is 0 Å². The van der Waals surface area contributed by atoms with Crippen LogP contribution >= 0.6 is 0 Å². The highest BCUT2D eigenvalue weighted by Crippen LogP contribution is 2.33. The van der Waals surface area contributed by atoms with Crippen LogP contribution in [0.15, 0.2) is 84.1 Å². The van der Waals surface area contributed by atoms with Crippen LogP contribution in [0.4, 0.5) is 13.2 Å². The van der Waals surface area contributed by atoms with Gasteiger partial charge in [0.15, 0.2) is 0 Å². The summed E-state index contributed by atoms with van der Waals surface area (Å²) in [5, 5.41) is 6.16. The molecule has 0 unspecified atom stereocenters. The number of hydrogen-bond donors (Lipinski definition) is 2. The average Bonchev–Trinajstić information content (AvgIpc) is 3.72. The summed E-state index contributed by atoms with van der Waals surface area (Å²) in [6.45, 7) is 3.02. The van der Waals surface area contributed by atoms with Crippen LogP contribution in [-0.2, 0) is 19.1 Å².